The zero-order valence-electron chi connectivity index (χ0n) is 20.4. The molecule has 0 fully saturated rings. The SMILES string of the molecule is [2H]C(c1ccc(-c2ccc3c(cnn3C)c2)cc1Cl)N(c1ccccc1)c1cncc(/C=C/C(=O)O)c1. The van der Waals surface area contributed by atoms with Gasteiger partial charge < -0.3 is 10.0 Å². The van der Waals surface area contributed by atoms with E-state index in [1.54, 1.807) is 18.5 Å². The summed E-state index contributed by atoms with van der Waals surface area (Å²) >= 11 is 6.78. The number of hydrogen-bond donors (Lipinski definition) is 1. The molecule has 1 N–H and O–H groups in total. The van der Waals surface area contributed by atoms with Crippen molar-refractivity contribution in [3.63, 3.8) is 0 Å². The Labute approximate surface area is 215 Å². The van der Waals surface area contributed by atoms with Crippen LogP contribution in [-0.2, 0) is 18.4 Å². The largest absolute Gasteiger partial charge is 0.478 e. The highest BCUT2D eigenvalue weighted by Crippen LogP contribution is 2.32. The summed E-state index contributed by atoms with van der Waals surface area (Å²) in [5.41, 5.74) is 5.67. The summed E-state index contributed by atoms with van der Waals surface area (Å²) in [6.45, 7) is -0.884. The number of rotatable bonds is 7. The summed E-state index contributed by atoms with van der Waals surface area (Å²) < 4.78 is 11.0. The first-order valence-corrected chi connectivity index (χ1v) is 11.6. The van der Waals surface area contributed by atoms with Gasteiger partial charge in [-0.25, -0.2) is 4.79 Å². The normalized spacial score (nSPS) is 12.6. The number of carbonyl (C=O) groups is 1. The van der Waals surface area contributed by atoms with Crippen LogP contribution < -0.4 is 4.90 Å². The second-order valence-electron chi connectivity index (χ2n) is 8.26. The molecule has 5 rings (SSSR count). The monoisotopic (exact) mass is 495 g/mol. The number of benzene rings is 3. The van der Waals surface area contributed by atoms with Crippen LogP contribution in [0.25, 0.3) is 28.1 Å². The minimum atomic E-state index is -1.04. The number of pyridine rings is 1. The average Bonchev–Trinajstić information content (AvgIpc) is 3.28. The first-order valence-electron chi connectivity index (χ1n) is 11.8. The minimum Gasteiger partial charge on any atom is -0.478 e. The summed E-state index contributed by atoms with van der Waals surface area (Å²) in [5.74, 6) is -1.04. The van der Waals surface area contributed by atoms with Crippen molar-refractivity contribution in [3.8, 4) is 11.1 Å². The first-order chi connectivity index (χ1) is 17.9. The Morgan fingerprint density at radius 1 is 1.03 bits per heavy atom. The van der Waals surface area contributed by atoms with E-state index in [0.717, 1.165) is 33.8 Å². The standard InChI is InChI=1S/C29H23ClN4O2/c1-33-28-11-10-21(14-24(28)17-32-33)22-8-9-23(27(30)15-22)19-34(25-5-3-2-4-6-25)26-13-20(16-31-18-26)7-12-29(35)36/h2-18H,19H2,1H3,(H,35,36)/b12-7+/i19D. The third-order valence-electron chi connectivity index (χ3n) is 5.82. The van der Waals surface area contributed by atoms with E-state index in [2.05, 4.69) is 16.1 Å². The number of hydrogen-bond acceptors (Lipinski definition) is 4. The summed E-state index contributed by atoms with van der Waals surface area (Å²) in [7, 11) is 1.91. The van der Waals surface area contributed by atoms with Crippen LogP contribution in [0.4, 0.5) is 11.4 Å². The molecule has 1 atom stereocenters. The fraction of sp³-hybridized carbons (Fsp3) is 0.0690. The lowest BCUT2D eigenvalue weighted by molar-refractivity contribution is -0.131. The number of aliphatic carboxylic acids is 1. The van der Waals surface area contributed by atoms with Crippen LogP contribution in [0.5, 0.6) is 0 Å². The number of carboxylic acid groups (broad SMARTS) is 1. The molecule has 0 aliphatic rings. The molecule has 0 amide bonds. The third-order valence-corrected chi connectivity index (χ3v) is 6.15. The number of carboxylic acids is 1. The molecule has 0 radical (unpaired) electrons. The molecule has 2 aromatic heterocycles. The number of aromatic nitrogens is 3. The van der Waals surface area contributed by atoms with Gasteiger partial charge in [0.15, 0.2) is 0 Å². The van der Waals surface area contributed by atoms with E-state index in [1.807, 2.05) is 83.5 Å². The Kier molecular flexibility index (Phi) is 6.17. The Bertz CT molecular complexity index is 1620. The molecule has 0 spiro atoms. The average molecular weight is 496 g/mol. The van der Waals surface area contributed by atoms with Gasteiger partial charge in [0.25, 0.3) is 0 Å². The third kappa shape index (κ3) is 4.99. The van der Waals surface area contributed by atoms with Crippen molar-refractivity contribution in [3.05, 3.63) is 114 Å². The number of halogens is 1. The smallest absolute Gasteiger partial charge is 0.328 e. The second kappa shape index (κ2) is 10.1. The maximum absolute atomic E-state index is 11.0. The molecule has 6 nitrogen and oxygen atoms in total. The molecule has 0 bridgehead atoms. The Balaban J connectivity index is 1.52. The quantitative estimate of drug-likeness (QED) is 0.254. The van der Waals surface area contributed by atoms with Crippen molar-refractivity contribution in [1.29, 1.82) is 0 Å². The topological polar surface area (TPSA) is 71.2 Å². The summed E-state index contributed by atoms with van der Waals surface area (Å²) in [4.78, 5) is 17.1. The molecule has 36 heavy (non-hydrogen) atoms. The predicted molar refractivity (Wildman–Crippen MR) is 144 cm³/mol. The predicted octanol–water partition coefficient (Wildman–Crippen LogP) is 6.72. The fourth-order valence-corrected chi connectivity index (χ4v) is 4.25. The molecule has 0 saturated carbocycles. The molecular formula is C29H23ClN4O2. The van der Waals surface area contributed by atoms with Gasteiger partial charge in [-0.05, 0) is 64.7 Å². The van der Waals surface area contributed by atoms with E-state index < -0.39 is 12.5 Å². The van der Waals surface area contributed by atoms with Gasteiger partial charge in [0.2, 0.25) is 0 Å². The van der Waals surface area contributed by atoms with Crippen LogP contribution in [0, 0.1) is 0 Å². The van der Waals surface area contributed by atoms with Crippen LogP contribution in [0.2, 0.25) is 5.02 Å². The minimum absolute atomic E-state index is 0.472. The first kappa shape index (κ1) is 22.1. The molecule has 3 aromatic carbocycles. The lowest BCUT2D eigenvalue weighted by atomic mass is 10.0. The number of para-hydroxylation sites is 1. The second-order valence-corrected chi connectivity index (χ2v) is 8.67. The van der Waals surface area contributed by atoms with Gasteiger partial charge in [-0.15, -0.1) is 0 Å². The van der Waals surface area contributed by atoms with Crippen LogP contribution in [-0.4, -0.2) is 25.8 Å². The van der Waals surface area contributed by atoms with Crippen molar-refractivity contribution in [2.45, 2.75) is 6.52 Å². The van der Waals surface area contributed by atoms with Gasteiger partial charge in [0.1, 0.15) is 0 Å². The van der Waals surface area contributed by atoms with Crippen molar-refractivity contribution >= 4 is 45.9 Å². The van der Waals surface area contributed by atoms with Crippen LogP contribution >= 0.6 is 11.6 Å². The Morgan fingerprint density at radius 2 is 1.81 bits per heavy atom. The number of nitrogens with zero attached hydrogens (tertiary/aromatic N) is 4. The summed E-state index contributed by atoms with van der Waals surface area (Å²) in [6, 6.07) is 23.2. The highest BCUT2D eigenvalue weighted by Gasteiger charge is 2.14. The Morgan fingerprint density at radius 3 is 2.58 bits per heavy atom. The molecular weight excluding hydrogens is 472 g/mol. The number of aryl methyl sites for hydroxylation is 1. The highest BCUT2D eigenvalue weighted by molar-refractivity contribution is 6.31. The number of anilines is 2. The van der Waals surface area contributed by atoms with Crippen molar-refractivity contribution in [2.24, 2.45) is 7.05 Å². The van der Waals surface area contributed by atoms with Crippen LogP contribution in [0.1, 0.15) is 12.5 Å². The van der Waals surface area contributed by atoms with Crippen LogP contribution in [0.3, 0.4) is 0 Å². The zero-order valence-corrected chi connectivity index (χ0v) is 20.2. The van der Waals surface area contributed by atoms with E-state index in [0.29, 0.717) is 21.8 Å². The van der Waals surface area contributed by atoms with E-state index in [1.165, 1.54) is 6.08 Å². The van der Waals surface area contributed by atoms with E-state index in [-0.39, 0.29) is 0 Å². The van der Waals surface area contributed by atoms with E-state index in [9.17, 15) is 6.17 Å². The molecule has 0 aliphatic carbocycles. The molecule has 1 unspecified atom stereocenters. The molecule has 0 aliphatic heterocycles. The van der Waals surface area contributed by atoms with E-state index >= 15 is 0 Å². The molecule has 5 aromatic rings. The highest BCUT2D eigenvalue weighted by atomic mass is 35.5. The molecule has 0 saturated heterocycles. The van der Waals surface area contributed by atoms with E-state index in [4.69, 9.17) is 16.7 Å². The molecule has 178 valence electrons. The lowest BCUT2D eigenvalue weighted by Gasteiger charge is -2.26. The van der Waals surface area contributed by atoms with Gasteiger partial charge in [-0.2, -0.15) is 5.10 Å². The summed E-state index contributed by atoms with van der Waals surface area (Å²) in [6.07, 6.45) is 7.59. The fourth-order valence-electron chi connectivity index (χ4n) is 4.02. The summed E-state index contributed by atoms with van der Waals surface area (Å²) in [5, 5.41) is 14.8. The van der Waals surface area contributed by atoms with Gasteiger partial charge in [-0.1, -0.05) is 48.0 Å². The zero-order chi connectivity index (χ0) is 25.9. The van der Waals surface area contributed by atoms with Gasteiger partial charge in [-0.3, -0.25) is 9.67 Å². The van der Waals surface area contributed by atoms with Crippen molar-refractivity contribution in [2.75, 3.05) is 4.90 Å². The lowest BCUT2D eigenvalue weighted by Crippen LogP contribution is -2.17. The molecule has 7 heteroatoms. The number of fused-ring (bicyclic) bond motifs is 1. The van der Waals surface area contributed by atoms with Crippen LogP contribution in [0.15, 0.2) is 97.5 Å². The van der Waals surface area contributed by atoms with Crippen molar-refractivity contribution < 1.29 is 11.3 Å². The van der Waals surface area contributed by atoms with Gasteiger partial charge >= 0.3 is 5.97 Å². The van der Waals surface area contributed by atoms with Gasteiger partial charge in [0, 0.05) is 41.9 Å². The van der Waals surface area contributed by atoms with Crippen molar-refractivity contribution in [1.82, 2.24) is 14.8 Å². The maximum Gasteiger partial charge on any atom is 0.328 e. The van der Waals surface area contributed by atoms with Gasteiger partial charge in [0.05, 0.1) is 25.0 Å². The molecule has 2 heterocycles. The maximum atomic E-state index is 11.0. The Hall–Kier alpha value is -4.42.